The molecule has 1 heterocycles. The van der Waals surface area contributed by atoms with E-state index in [0.717, 1.165) is 22.2 Å². The van der Waals surface area contributed by atoms with Gasteiger partial charge in [0.05, 0.1) is 0 Å². The summed E-state index contributed by atoms with van der Waals surface area (Å²) < 4.78 is 5.88. The van der Waals surface area contributed by atoms with Crippen LogP contribution in [0, 0.1) is 20.8 Å². The third kappa shape index (κ3) is 1.80. The molecule has 0 amide bonds. The van der Waals surface area contributed by atoms with E-state index in [0.29, 0.717) is 5.89 Å². The molecule has 2 aromatic carbocycles. The summed E-state index contributed by atoms with van der Waals surface area (Å²) in [5.41, 5.74) is 6.41. The van der Waals surface area contributed by atoms with Crippen LogP contribution in [-0.2, 0) is 0 Å². The van der Waals surface area contributed by atoms with Gasteiger partial charge in [-0.25, -0.2) is 4.98 Å². The molecular formula is C16H15NO. The number of aromatic nitrogens is 1. The van der Waals surface area contributed by atoms with Crippen LogP contribution in [0.4, 0.5) is 0 Å². The highest BCUT2D eigenvalue weighted by molar-refractivity contribution is 5.80. The standard InChI is InChI=1S/C16H15NO/c1-10-5-4-6-13(8-10)16-17-14-9-11(2)7-12(3)15(14)18-16/h4-9H,1-3H3. The van der Waals surface area contributed by atoms with Crippen LogP contribution in [-0.4, -0.2) is 4.98 Å². The maximum Gasteiger partial charge on any atom is 0.227 e. The predicted molar refractivity (Wildman–Crippen MR) is 73.7 cm³/mol. The third-order valence-electron chi connectivity index (χ3n) is 3.09. The van der Waals surface area contributed by atoms with E-state index >= 15 is 0 Å². The minimum Gasteiger partial charge on any atom is -0.436 e. The number of fused-ring (bicyclic) bond motifs is 1. The summed E-state index contributed by atoms with van der Waals surface area (Å²) in [6.45, 7) is 6.20. The molecule has 0 fully saturated rings. The first-order valence-corrected chi connectivity index (χ1v) is 6.08. The van der Waals surface area contributed by atoms with Crippen molar-refractivity contribution in [2.45, 2.75) is 20.8 Å². The monoisotopic (exact) mass is 237 g/mol. The van der Waals surface area contributed by atoms with Crippen molar-refractivity contribution in [3.8, 4) is 11.5 Å². The van der Waals surface area contributed by atoms with Crippen LogP contribution in [0.1, 0.15) is 16.7 Å². The summed E-state index contributed by atoms with van der Waals surface area (Å²) in [6.07, 6.45) is 0. The number of benzene rings is 2. The van der Waals surface area contributed by atoms with Gasteiger partial charge in [-0.15, -0.1) is 0 Å². The van der Waals surface area contributed by atoms with Crippen molar-refractivity contribution in [2.24, 2.45) is 0 Å². The van der Waals surface area contributed by atoms with Crippen LogP contribution in [0.2, 0.25) is 0 Å². The Morgan fingerprint density at radius 1 is 0.944 bits per heavy atom. The Kier molecular flexibility index (Phi) is 2.44. The van der Waals surface area contributed by atoms with E-state index in [1.807, 2.05) is 12.1 Å². The van der Waals surface area contributed by atoms with Crippen molar-refractivity contribution >= 4 is 11.1 Å². The zero-order chi connectivity index (χ0) is 12.7. The third-order valence-corrected chi connectivity index (χ3v) is 3.09. The molecule has 1 aromatic heterocycles. The van der Waals surface area contributed by atoms with Gasteiger partial charge < -0.3 is 4.42 Å². The highest BCUT2D eigenvalue weighted by Gasteiger charge is 2.10. The zero-order valence-electron chi connectivity index (χ0n) is 10.8. The zero-order valence-corrected chi connectivity index (χ0v) is 10.8. The number of hydrogen-bond donors (Lipinski definition) is 0. The number of nitrogens with zero attached hydrogens (tertiary/aromatic N) is 1. The van der Waals surface area contributed by atoms with Gasteiger partial charge in [0, 0.05) is 5.56 Å². The summed E-state index contributed by atoms with van der Waals surface area (Å²) in [4.78, 5) is 4.58. The van der Waals surface area contributed by atoms with Crippen LogP contribution < -0.4 is 0 Å². The second kappa shape index (κ2) is 3.98. The summed E-state index contributed by atoms with van der Waals surface area (Å²) in [5.74, 6) is 0.697. The molecule has 0 spiro atoms. The highest BCUT2D eigenvalue weighted by Crippen LogP contribution is 2.27. The van der Waals surface area contributed by atoms with Crippen molar-refractivity contribution in [1.82, 2.24) is 4.98 Å². The molecule has 3 rings (SSSR count). The summed E-state index contributed by atoms with van der Waals surface area (Å²) in [5, 5.41) is 0. The van der Waals surface area contributed by atoms with E-state index in [2.05, 4.69) is 50.0 Å². The molecule has 90 valence electrons. The van der Waals surface area contributed by atoms with Crippen molar-refractivity contribution < 1.29 is 4.42 Å². The maximum absolute atomic E-state index is 5.88. The maximum atomic E-state index is 5.88. The average molecular weight is 237 g/mol. The number of hydrogen-bond acceptors (Lipinski definition) is 2. The van der Waals surface area contributed by atoms with Gasteiger partial charge in [0.15, 0.2) is 5.58 Å². The fourth-order valence-electron chi connectivity index (χ4n) is 2.28. The molecule has 0 aliphatic heterocycles. The van der Waals surface area contributed by atoms with Crippen molar-refractivity contribution in [3.63, 3.8) is 0 Å². The number of aryl methyl sites for hydroxylation is 3. The molecule has 0 bridgehead atoms. The number of rotatable bonds is 1. The fourth-order valence-corrected chi connectivity index (χ4v) is 2.28. The summed E-state index contributed by atoms with van der Waals surface area (Å²) in [7, 11) is 0. The first-order valence-electron chi connectivity index (χ1n) is 6.08. The van der Waals surface area contributed by atoms with Gasteiger partial charge in [0.25, 0.3) is 0 Å². The van der Waals surface area contributed by atoms with E-state index in [9.17, 15) is 0 Å². The molecule has 18 heavy (non-hydrogen) atoms. The molecule has 2 nitrogen and oxygen atoms in total. The lowest BCUT2D eigenvalue weighted by atomic mass is 10.1. The van der Waals surface area contributed by atoms with Gasteiger partial charge in [0.2, 0.25) is 5.89 Å². The molecule has 0 radical (unpaired) electrons. The van der Waals surface area contributed by atoms with Crippen molar-refractivity contribution in [1.29, 1.82) is 0 Å². The topological polar surface area (TPSA) is 26.0 Å². The predicted octanol–water partition coefficient (Wildman–Crippen LogP) is 4.42. The number of oxazole rings is 1. The Morgan fingerprint density at radius 3 is 2.56 bits per heavy atom. The Hall–Kier alpha value is -2.09. The van der Waals surface area contributed by atoms with Crippen molar-refractivity contribution in [3.05, 3.63) is 53.1 Å². The lowest BCUT2D eigenvalue weighted by Gasteiger charge is -1.96. The molecule has 0 unspecified atom stereocenters. The molecule has 0 N–H and O–H groups in total. The van der Waals surface area contributed by atoms with E-state index in [-0.39, 0.29) is 0 Å². The fraction of sp³-hybridized carbons (Fsp3) is 0.188. The SMILES string of the molecule is Cc1cccc(-c2nc3cc(C)cc(C)c3o2)c1. The lowest BCUT2D eigenvalue weighted by Crippen LogP contribution is -1.79. The first-order chi connectivity index (χ1) is 8.63. The largest absolute Gasteiger partial charge is 0.436 e. The minimum atomic E-state index is 0.697. The van der Waals surface area contributed by atoms with Gasteiger partial charge >= 0.3 is 0 Å². The molecular weight excluding hydrogens is 222 g/mol. The van der Waals surface area contributed by atoms with Crippen molar-refractivity contribution in [2.75, 3.05) is 0 Å². The van der Waals surface area contributed by atoms with Gasteiger partial charge in [0.1, 0.15) is 5.52 Å². The van der Waals surface area contributed by atoms with E-state index in [4.69, 9.17) is 4.42 Å². The highest BCUT2D eigenvalue weighted by atomic mass is 16.3. The van der Waals surface area contributed by atoms with E-state index in [1.165, 1.54) is 11.1 Å². The normalized spacial score (nSPS) is 11.1. The van der Waals surface area contributed by atoms with Crippen LogP contribution in [0.3, 0.4) is 0 Å². The minimum absolute atomic E-state index is 0.697. The van der Waals surface area contributed by atoms with Gasteiger partial charge in [-0.2, -0.15) is 0 Å². The summed E-state index contributed by atoms with van der Waals surface area (Å²) in [6, 6.07) is 12.4. The van der Waals surface area contributed by atoms with Crippen LogP contribution in [0.15, 0.2) is 40.8 Å². The Balaban J connectivity index is 2.22. The van der Waals surface area contributed by atoms with E-state index < -0.39 is 0 Å². The summed E-state index contributed by atoms with van der Waals surface area (Å²) >= 11 is 0. The first kappa shape index (κ1) is 11.0. The second-order valence-corrected chi connectivity index (χ2v) is 4.82. The lowest BCUT2D eigenvalue weighted by molar-refractivity contribution is 0.617. The molecule has 0 aliphatic rings. The van der Waals surface area contributed by atoms with Gasteiger partial charge in [-0.1, -0.05) is 23.8 Å². The molecule has 3 aromatic rings. The second-order valence-electron chi connectivity index (χ2n) is 4.82. The average Bonchev–Trinajstić information content (AvgIpc) is 2.73. The Bertz CT molecular complexity index is 725. The molecule has 2 heteroatoms. The smallest absolute Gasteiger partial charge is 0.227 e. The van der Waals surface area contributed by atoms with Crippen LogP contribution >= 0.6 is 0 Å². The quantitative estimate of drug-likeness (QED) is 0.626. The molecule has 0 saturated carbocycles. The van der Waals surface area contributed by atoms with E-state index in [1.54, 1.807) is 0 Å². The van der Waals surface area contributed by atoms with Crippen LogP contribution in [0.5, 0.6) is 0 Å². The molecule has 0 saturated heterocycles. The Morgan fingerprint density at radius 2 is 1.78 bits per heavy atom. The Labute approximate surface area is 106 Å². The molecule has 0 aliphatic carbocycles. The molecule has 0 atom stereocenters. The van der Waals surface area contributed by atoms with Gasteiger partial charge in [-0.05, 0) is 50.1 Å². The van der Waals surface area contributed by atoms with Crippen LogP contribution in [0.25, 0.3) is 22.6 Å². The van der Waals surface area contributed by atoms with Gasteiger partial charge in [-0.3, -0.25) is 0 Å².